The van der Waals surface area contributed by atoms with Gasteiger partial charge in [-0.25, -0.2) is 4.79 Å². The first-order chi connectivity index (χ1) is 8.69. The maximum atomic E-state index is 12.1. The average molecular weight is 242 g/mol. The predicted octanol–water partition coefficient (Wildman–Crippen LogP) is 2.93. The van der Waals surface area contributed by atoms with E-state index in [2.05, 4.69) is 18.2 Å². The Morgan fingerprint density at radius 2 is 2.39 bits per heavy atom. The van der Waals surface area contributed by atoms with Gasteiger partial charge in [0.25, 0.3) is 0 Å². The van der Waals surface area contributed by atoms with E-state index in [1.54, 1.807) is 0 Å². The zero-order valence-corrected chi connectivity index (χ0v) is 10.6. The first-order valence-corrected chi connectivity index (χ1v) is 6.31. The van der Waals surface area contributed by atoms with Gasteiger partial charge < -0.3 is 10.2 Å². The molecule has 0 aliphatic carbocycles. The summed E-state index contributed by atoms with van der Waals surface area (Å²) < 4.78 is 0. The van der Waals surface area contributed by atoms with Gasteiger partial charge in [-0.05, 0) is 37.0 Å². The third-order valence-corrected chi connectivity index (χ3v) is 3.22. The Bertz CT molecular complexity index is 476. The molecule has 0 unspecified atom stereocenters. The van der Waals surface area contributed by atoms with E-state index in [9.17, 15) is 4.79 Å². The van der Waals surface area contributed by atoms with Crippen molar-refractivity contribution in [1.29, 1.82) is 0 Å². The lowest BCUT2D eigenvalue weighted by atomic mass is 10.0. The Morgan fingerprint density at radius 3 is 3.11 bits per heavy atom. The van der Waals surface area contributed by atoms with Gasteiger partial charge in [0.15, 0.2) is 0 Å². The molecule has 1 aliphatic heterocycles. The largest absolute Gasteiger partial charge is 0.324 e. The molecule has 2 amide bonds. The molecule has 0 bridgehead atoms. The quantitative estimate of drug-likeness (QED) is 0.754. The second-order valence-corrected chi connectivity index (χ2v) is 4.85. The van der Waals surface area contributed by atoms with Gasteiger partial charge in [0.1, 0.15) is 0 Å². The number of terminal acetylenes is 1. The summed E-state index contributed by atoms with van der Waals surface area (Å²) in [7, 11) is 0. The van der Waals surface area contributed by atoms with E-state index in [4.69, 9.17) is 6.42 Å². The third-order valence-electron chi connectivity index (χ3n) is 3.22. The molecule has 1 aliphatic rings. The number of urea groups is 1. The van der Waals surface area contributed by atoms with Crippen LogP contribution >= 0.6 is 0 Å². The number of carbonyl (C=O) groups excluding carboxylic acids is 1. The van der Waals surface area contributed by atoms with Crippen LogP contribution in [0.5, 0.6) is 0 Å². The van der Waals surface area contributed by atoms with Gasteiger partial charge in [0, 0.05) is 24.3 Å². The Kier molecular flexibility index (Phi) is 3.88. The second-order valence-electron chi connectivity index (χ2n) is 4.85. The molecule has 0 spiro atoms. The van der Waals surface area contributed by atoms with Crippen LogP contribution in [0.15, 0.2) is 24.3 Å². The number of carbonyl (C=O) groups is 1. The summed E-state index contributed by atoms with van der Waals surface area (Å²) in [6, 6.07) is 7.33. The molecule has 1 fully saturated rings. The van der Waals surface area contributed by atoms with Crippen molar-refractivity contribution in [2.24, 2.45) is 5.92 Å². The molecule has 1 aromatic carbocycles. The maximum Gasteiger partial charge on any atom is 0.321 e. The molecule has 1 atom stereocenters. The van der Waals surface area contributed by atoms with Crippen molar-refractivity contribution in [3.05, 3.63) is 29.8 Å². The first kappa shape index (κ1) is 12.5. The molecular formula is C15H18N2O. The number of nitrogens with one attached hydrogen (secondary N) is 1. The van der Waals surface area contributed by atoms with Gasteiger partial charge in [-0.15, -0.1) is 6.42 Å². The summed E-state index contributed by atoms with van der Waals surface area (Å²) >= 11 is 0. The number of amides is 2. The number of likely N-dealkylation sites (tertiary alicyclic amines) is 1. The Balaban J connectivity index is 2.00. The summed E-state index contributed by atoms with van der Waals surface area (Å²) in [6.07, 6.45) is 7.62. The average Bonchev–Trinajstić information content (AvgIpc) is 2.39. The fourth-order valence-corrected chi connectivity index (χ4v) is 2.26. The third kappa shape index (κ3) is 3.04. The molecule has 1 aromatic rings. The molecule has 0 saturated carbocycles. The summed E-state index contributed by atoms with van der Waals surface area (Å²) in [6.45, 7) is 3.85. The summed E-state index contributed by atoms with van der Waals surface area (Å²) in [4.78, 5) is 13.9. The maximum absolute atomic E-state index is 12.1. The van der Waals surface area contributed by atoms with E-state index in [1.165, 1.54) is 6.42 Å². The van der Waals surface area contributed by atoms with E-state index in [0.717, 1.165) is 30.8 Å². The van der Waals surface area contributed by atoms with Gasteiger partial charge in [-0.1, -0.05) is 18.9 Å². The normalized spacial score (nSPS) is 19.1. The highest BCUT2D eigenvalue weighted by Crippen LogP contribution is 2.17. The Morgan fingerprint density at radius 1 is 1.56 bits per heavy atom. The lowest BCUT2D eigenvalue weighted by Gasteiger charge is -2.30. The van der Waals surface area contributed by atoms with E-state index in [1.807, 2.05) is 29.2 Å². The van der Waals surface area contributed by atoms with E-state index in [-0.39, 0.29) is 6.03 Å². The number of piperidine rings is 1. The lowest BCUT2D eigenvalue weighted by Crippen LogP contribution is -2.41. The Hall–Kier alpha value is -1.95. The highest BCUT2D eigenvalue weighted by Gasteiger charge is 2.20. The van der Waals surface area contributed by atoms with E-state index in [0.29, 0.717) is 5.92 Å². The summed E-state index contributed by atoms with van der Waals surface area (Å²) in [5.41, 5.74) is 1.54. The van der Waals surface area contributed by atoms with Crippen molar-refractivity contribution in [3.63, 3.8) is 0 Å². The van der Waals surface area contributed by atoms with Gasteiger partial charge in [-0.2, -0.15) is 0 Å². The van der Waals surface area contributed by atoms with Crippen molar-refractivity contribution in [2.45, 2.75) is 19.8 Å². The van der Waals surface area contributed by atoms with Crippen LogP contribution in [-0.4, -0.2) is 24.0 Å². The molecule has 3 heteroatoms. The van der Waals surface area contributed by atoms with Crippen LogP contribution in [0.25, 0.3) is 0 Å². The topological polar surface area (TPSA) is 32.3 Å². The molecule has 1 heterocycles. The molecule has 18 heavy (non-hydrogen) atoms. The smallest absolute Gasteiger partial charge is 0.321 e. The minimum absolute atomic E-state index is 0.0317. The monoisotopic (exact) mass is 242 g/mol. The van der Waals surface area contributed by atoms with Crippen LogP contribution in [0, 0.1) is 18.3 Å². The van der Waals surface area contributed by atoms with Crippen molar-refractivity contribution < 1.29 is 4.79 Å². The van der Waals surface area contributed by atoms with Crippen LogP contribution in [0.1, 0.15) is 25.3 Å². The Labute approximate surface area is 108 Å². The number of benzene rings is 1. The number of rotatable bonds is 1. The van der Waals surface area contributed by atoms with Crippen molar-refractivity contribution in [3.8, 4) is 12.3 Å². The standard InChI is InChI=1S/C15H18N2O/c1-3-13-7-4-8-14(10-13)16-15(18)17-9-5-6-12(2)11-17/h1,4,7-8,10,12H,5-6,9,11H2,2H3,(H,16,18)/t12-/m0/s1. The van der Waals surface area contributed by atoms with Gasteiger partial charge >= 0.3 is 6.03 Å². The fourth-order valence-electron chi connectivity index (χ4n) is 2.26. The van der Waals surface area contributed by atoms with Crippen LogP contribution < -0.4 is 5.32 Å². The first-order valence-electron chi connectivity index (χ1n) is 6.31. The zero-order chi connectivity index (χ0) is 13.0. The highest BCUT2D eigenvalue weighted by molar-refractivity contribution is 5.89. The van der Waals surface area contributed by atoms with E-state index < -0.39 is 0 Å². The molecule has 0 aromatic heterocycles. The molecular weight excluding hydrogens is 224 g/mol. The molecule has 0 radical (unpaired) electrons. The van der Waals surface area contributed by atoms with Crippen molar-refractivity contribution in [1.82, 2.24) is 4.90 Å². The van der Waals surface area contributed by atoms with Crippen LogP contribution in [0.3, 0.4) is 0 Å². The number of nitrogens with zero attached hydrogens (tertiary/aromatic N) is 1. The minimum Gasteiger partial charge on any atom is -0.324 e. The summed E-state index contributed by atoms with van der Waals surface area (Å²) in [5, 5.41) is 2.90. The lowest BCUT2D eigenvalue weighted by molar-refractivity contribution is 0.182. The fraction of sp³-hybridized carbons (Fsp3) is 0.400. The molecule has 3 nitrogen and oxygen atoms in total. The summed E-state index contributed by atoms with van der Waals surface area (Å²) in [5.74, 6) is 3.15. The second kappa shape index (κ2) is 5.59. The minimum atomic E-state index is -0.0317. The number of anilines is 1. The zero-order valence-electron chi connectivity index (χ0n) is 10.6. The van der Waals surface area contributed by atoms with Crippen LogP contribution in [0.4, 0.5) is 10.5 Å². The molecule has 2 rings (SSSR count). The van der Waals surface area contributed by atoms with E-state index >= 15 is 0 Å². The van der Waals surface area contributed by atoms with Gasteiger partial charge in [-0.3, -0.25) is 0 Å². The predicted molar refractivity (Wildman–Crippen MR) is 73.4 cm³/mol. The number of hydrogen-bond acceptors (Lipinski definition) is 1. The molecule has 1 N–H and O–H groups in total. The van der Waals surface area contributed by atoms with Crippen molar-refractivity contribution >= 4 is 11.7 Å². The number of hydrogen-bond donors (Lipinski definition) is 1. The molecule has 1 saturated heterocycles. The SMILES string of the molecule is C#Cc1cccc(NC(=O)N2CCC[C@H](C)C2)c1. The molecule has 94 valence electrons. The van der Waals surface area contributed by atoms with Gasteiger partial charge in [0.2, 0.25) is 0 Å². The van der Waals surface area contributed by atoms with Crippen LogP contribution in [-0.2, 0) is 0 Å². The van der Waals surface area contributed by atoms with Crippen LogP contribution in [0.2, 0.25) is 0 Å². The highest BCUT2D eigenvalue weighted by atomic mass is 16.2. The van der Waals surface area contributed by atoms with Crippen molar-refractivity contribution in [2.75, 3.05) is 18.4 Å². The van der Waals surface area contributed by atoms with Gasteiger partial charge in [0.05, 0.1) is 0 Å².